The molecule has 7 heteroatoms. The Kier molecular flexibility index (Phi) is 3.54. The van der Waals surface area contributed by atoms with Crippen LogP contribution in [0.4, 0.5) is 5.13 Å². The Morgan fingerprint density at radius 2 is 2.25 bits per heavy atom. The van der Waals surface area contributed by atoms with E-state index < -0.39 is 0 Å². The van der Waals surface area contributed by atoms with Gasteiger partial charge in [-0.15, -0.1) is 0 Å². The number of para-hydroxylation sites is 1. The number of aryl methyl sites for hydroxylation is 1. The average Bonchev–Trinajstić information content (AvgIpc) is 3.01. The maximum Gasteiger partial charge on any atom is 0.279 e. The van der Waals surface area contributed by atoms with Crippen molar-refractivity contribution in [3.63, 3.8) is 0 Å². The first-order valence-corrected chi connectivity index (χ1v) is 7.68. The molecule has 5 nitrogen and oxygen atoms in total. The SMILES string of the molecule is CCn1cc(Br)c(C(=O)Nc2nc3ccccc3s2)n1. The summed E-state index contributed by atoms with van der Waals surface area (Å²) in [5, 5.41) is 7.58. The van der Waals surface area contributed by atoms with Crippen LogP contribution in [0.5, 0.6) is 0 Å². The van der Waals surface area contributed by atoms with Gasteiger partial charge in [0.25, 0.3) is 5.91 Å². The molecule has 102 valence electrons. The van der Waals surface area contributed by atoms with Crippen LogP contribution in [0.1, 0.15) is 17.4 Å². The lowest BCUT2D eigenvalue weighted by Crippen LogP contribution is -2.13. The second kappa shape index (κ2) is 5.34. The van der Waals surface area contributed by atoms with Gasteiger partial charge in [0.15, 0.2) is 10.8 Å². The topological polar surface area (TPSA) is 59.8 Å². The van der Waals surface area contributed by atoms with Crippen molar-refractivity contribution in [3.05, 3.63) is 40.6 Å². The highest BCUT2D eigenvalue weighted by Crippen LogP contribution is 2.26. The summed E-state index contributed by atoms with van der Waals surface area (Å²) in [6.07, 6.45) is 1.78. The van der Waals surface area contributed by atoms with E-state index in [1.54, 1.807) is 10.9 Å². The minimum atomic E-state index is -0.261. The molecular weight excluding hydrogens is 340 g/mol. The summed E-state index contributed by atoms with van der Waals surface area (Å²) < 4.78 is 3.43. The molecular formula is C13H11BrN4OS. The summed E-state index contributed by atoms with van der Waals surface area (Å²) in [4.78, 5) is 16.6. The van der Waals surface area contributed by atoms with E-state index in [0.29, 0.717) is 21.8 Å². The lowest BCUT2D eigenvalue weighted by Gasteiger charge is -1.98. The molecule has 0 saturated carbocycles. The number of aromatic nitrogens is 3. The third-order valence-electron chi connectivity index (χ3n) is 2.77. The maximum absolute atomic E-state index is 12.2. The molecule has 0 aliphatic heterocycles. The van der Waals surface area contributed by atoms with Gasteiger partial charge in [-0.3, -0.25) is 14.8 Å². The molecule has 2 heterocycles. The van der Waals surface area contributed by atoms with E-state index in [4.69, 9.17) is 0 Å². The van der Waals surface area contributed by atoms with Crippen molar-refractivity contribution in [2.45, 2.75) is 13.5 Å². The van der Waals surface area contributed by atoms with Gasteiger partial charge in [-0.2, -0.15) is 5.10 Å². The van der Waals surface area contributed by atoms with Gasteiger partial charge in [-0.05, 0) is 35.0 Å². The van der Waals surface area contributed by atoms with Crippen LogP contribution in [-0.2, 0) is 6.54 Å². The van der Waals surface area contributed by atoms with Gasteiger partial charge in [0, 0.05) is 12.7 Å². The quantitative estimate of drug-likeness (QED) is 0.785. The number of carbonyl (C=O) groups excluding carboxylic acids is 1. The minimum Gasteiger partial charge on any atom is -0.296 e. The minimum absolute atomic E-state index is 0.261. The number of rotatable bonds is 3. The Hall–Kier alpha value is -1.73. The second-order valence-corrected chi connectivity index (χ2v) is 6.01. The number of anilines is 1. The van der Waals surface area contributed by atoms with E-state index in [-0.39, 0.29) is 5.91 Å². The highest BCUT2D eigenvalue weighted by atomic mass is 79.9. The number of nitrogens with zero attached hydrogens (tertiary/aromatic N) is 3. The third kappa shape index (κ3) is 2.46. The summed E-state index contributed by atoms with van der Waals surface area (Å²) >= 11 is 4.79. The van der Waals surface area contributed by atoms with Crippen molar-refractivity contribution in [2.24, 2.45) is 0 Å². The number of amides is 1. The number of fused-ring (bicyclic) bond motifs is 1. The summed E-state index contributed by atoms with van der Waals surface area (Å²) in [6, 6.07) is 7.77. The van der Waals surface area contributed by atoms with Crippen molar-refractivity contribution in [1.82, 2.24) is 14.8 Å². The molecule has 0 saturated heterocycles. The molecule has 0 spiro atoms. The van der Waals surface area contributed by atoms with Crippen LogP contribution in [0.2, 0.25) is 0 Å². The molecule has 2 aromatic heterocycles. The lowest BCUT2D eigenvalue weighted by molar-refractivity contribution is 0.102. The molecule has 1 amide bonds. The number of thiazole rings is 1. The van der Waals surface area contributed by atoms with Crippen molar-refractivity contribution in [3.8, 4) is 0 Å². The number of nitrogens with one attached hydrogen (secondary N) is 1. The first-order valence-electron chi connectivity index (χ1n) is 6.07. The standard InChI is InChI=1S/C13H11BrN4OS/c1-2-18-7-8(14)11(17-18)12(19)16-13-15-9-5-3-4-6-10(9)20-13/h3-7H,2H2,1H3,(H,15,16,19). The smallest absolute Gasteiger partial charge is 0.279 e. The van der Waals surface area contributed by atoms with Crippen LogP contribution >= 0.6 is 27.3 Å². The number of halogens is 1. The zero-order valence-electron chi connectivity index (χ0n) is 10.6. The highest BCUT2D eigenvalue weighted by molar-refractivity contribution is 9.10. The normalized spacial score (nSPS) is 10.9. The fourth-order valence-corrected chi connectivity index (χ4v) is 3.15. The Morgan fingerprint density at radius 1 is 1.45 bits per heavy atom. The number of benzene rings is 1. The van der Waals surface area contributed by atoms with Gasteiger partial charge < -0.3 is 0 Å². The number of carbonyl (C=O) groups is 1. The van der Waals surface area contributed by atoms with E-state index in [2.05, 4.69) is 31.3 Å². The van der Waals surface area contributed by atoms with Crippen molar-refractivity contribution in [2.75, 3.05) is 5.32 Å². The van der Waals surface area contributed by atoms with E-state index in [0.717, 1.165) is 10.2 Å². The molecule has 1 aromatic carbocycles. The van der Waals surface area contributed by atoms with E-state index in [9.17, 15) is 4.79 Å². The Labute approximate surface area is 127 Å². The Bertz CT molecular complexity index is 747. The van der Waals surface area contributed by atoms with Crippen LogP contribution in [0.3, 0.4) is 0 Å². The zero-order valence-corrected chi connectivity index (χ0v) is 13.0. The van der Waals surface area contributed by atoms with Gasteiger partial charge in [0.1, 0.15) is 0 Å². The molecule has 3 rings (SSSR count). The van der Waals surface area contributed by atoms with Crippen LogP contribution < -0.4 is 5.32 Å². The van der Waals surface area contributed by atoms with Gasteiger partial charge in [0.2, 0.25) is 0 Å². The van der Waals surface area contributed by atoms with Gasteiger partial charge >= 0.3 is 0 Å². The van der Waals surface area contributed by atoms with Crippen molar-refractivity contribution >= 4 is 48.5 Å². The highest BCUT2D eigenvalue weighted by Gasteiger charge is 2.16. The first-order chi connectivity index (χ1) is 9.67. The molecule has 3 aromatic rings. The summed E-state index contributed by atoms with van der Waals surface area (Å²) in [6.45, 7) is 2.68. The molecule has 0 bridgehead atoms. The Morgan fingerprint density at radius 3 is 2.95 bits per heavy atom. The molecule has 1 N–H and O–H groups in total. The van der Waals surface area contributed by atoms with Crippen LogP contribution in [0.15, 0.2) is 34.9 Å². The fraction of sp³-hybridized carbons (Fsp3) is 0.154. The Balaban J connectivity index is 1.86. The second-order valence-electron chi connectivity index (χ2n) is 4.12. The van der Waals surface area contributed by atoms with Gasteiger partial charge in [-0.25, -0.2) is 4.98 Å². The average molecular weight is 351 g/mol. The van der Waals surface area contributed by atoms with E-state index in [1.807, 2.05) is 31.2 Å². The van der Waals surface area contributed by atoms with Gasteiger partial charge in [-0.1, -0.05) is 23.5 Å². The molecule has 0 atom stereocenters. The molecule has 20 heavy (non-hydrogen) atoms. The van der Waals surface area contributed by atoms with E-state index >= 15 is 0 Å². The monoisotopic (exact) mass is 350 g/mol. The van der Waals surface area contributed by atoms with Crippen LogP contribution in [-0.4, -0.2) is 20.7 Å². The van der Waals surface area contributed by atoms with Gasteiger partial charge in [0.05, 0.1) is 14.7 Å². The number of hydrogen-bond donors (Lipinski definition) is 1. The summed E-state index contributed by atoms with van der Waals surface area (Å²) in [5.41, 5.74) is 1.25. The lowest BCUT2D eigenvalue weighted by atomic mass is 10.3. The van der Waals surface area contributed by atoms with Crippen LogP contribution in [0.25, 0.3) is 10.2 Å². The fourth-order valence-electron chi connectivity index (χ4n) is 1.79. The van der Waals surface area contributed by atoms with E-state index in [1.165, 1.54) is 11.3 Å². The van der Waals surface area contributed by atoms with Crippen molar-refractivity contribution in [1.29, 1.82) is 0 Å². The zero-order chi connectivity index (χ0) is 14.1. The third-order valence-corrected chi connectivity index (χ3v) is 4.30. The molecule has 0 fully saturated rings. The van der Waals surface area contributed by atoms with Crippen LogP contribution in [0, 0.1) is 0 Å². The molecule has 0 radical (unpaired) electrons. The number of hydrogen-bond acceptors (Lipinski definition) is 4. The maximum atomic E-state index is 12.2. The first kappa shape index (κ1) is 13.3. The van der Waals surface area contributed by atoms with Crippen molar-refractivity contribution < 1.29 is 4.79 Å². The summed E-state index contributed by atoms with van der Waals surface area (Å²) in [7, 11) is 0. The molecule has 0 unspecified atom stereocenters. The molecule has 0 aliphatic rings. The largest absolute Gasteiger partial charge is 0.296 e. The molecule has 0 aliphatic carbocycles. The predicted octanol–water partition coefficient (Wildman–Crippen LogP) is 3.53. The predicted molar refractivity (Wildman–Crippen MR) is 83.2 cm³/mol. The summed E-state index contributed by atoms with van der Waals surface area (Å²) in [5.74, 6) is -0.261.